The van der Waals surface area contributed by atoms with E-state index in [0.29, 0.717) is 25.8 Å². The number of carbonyl (C=O) groups is 2. The lowest BCUT2D eigenvalue weighted by Crippen LogP contribution is -2.50. The fourth-order valence-corrected chi connectivity index (χ4v) is 3.41. The summed E-state index contributed by atoms with van der Waals surface area (Å²) in [6.45, 7) is 6.76. The maximum Gasteiger partial charge on any atom is 0.243 e. The number of aliphatic hydroxyl groups is 1. The molecule has 5 heteroatoms. The van der Waals surface area contributed by atoms with E-state index >= 15 is 0 Å². The first-order valence-electron chi connectivity index (χ1n) is 9.05. The van der Waals surface area contributed by atoms with Gasteiger partial charge < -0.3 is 15.3 Å². The highest BCUT2D eigenvalue weighted by Gasteiger charge is 2.35. The molecule has 1 heterocycles. The van der Waals surface area contributed by atoms with Gasteiger partial charge in [-0.05, 0) is 30.2 Å². The first-order chi connectivity index (χ1) is 11.8. The fourth-order valence-electron chi connectivity index (χ4n) is 3.41. The highest BCUT2D eigenvalue weighted by atomic mass is 16.3. The molecule has 2 unspecified atom stereocenters. The molecule has 1 aromatic rings. The van der Waals surface area contributed by atoms with Gasteiger partial charge in [-0.3, -0.25) is 9.59 Å². The van der Waals surface area contributed by atoms with Gasteiger partial charge in [0.2, 0.25) is 11.8 Å². The van der Waals surface area contributed by atoms with Crippen molar-refractivity contribution in [2.24, 2.45) is 5.41 Å². The Hall–Kier alpha value is -1.88. The van der Waals surface area contributed by atoms with Crippen molar-refractivity contribution < 1.29 is 14.7 Å². The smallest absolute Gasteiger partial charge is 0.243 e. The molecule has 2 atom stereocenters. The molecule has 0 spiro atoms. The molecule has 1 fully saturated rings. The summed E-state index contributed by atoms with van der Waals surface area (Å²) in [4.78, 5) is 27.0. The molecule has 2 N–H and O–H groups in total. The highest BCUT2D eigenvalue weighted by molar-refractivity contribution is 5.89. The van der Waals surface area contributed by atoms with Crippen molar-refractivity contribution in [2.45, 2.75) is 58.5 Å². The summed E-state index contributed by atoms with van der Waals surface area (Å²) in [6.07, 6.45) is 2.53. The van der Waals surface area contributed by atoms with E-state index in [9.17, 15) is 14.7 Å². The summed E-state index contributed by atoms with van der Waals surface area (Å²) in [5.74, 6) is -0.164. The third-order valence-corrected chi connectivity index (χ3v) is 4.50. The van der Waals surface area contributed by atoms with Crippen LogP contribution in [0.5, 0.6) is 0 Å². The fraction of sp³-hybridized carbons (Fsp3) is 0.600. The lowest BCUT2D eigenvalue weighted by Gasteiger charge is -2.29. The van der Waals surface area contributed by atoms with Crippen LogP contribution in [-0.2, 0) is 16.0 Å². The lowest BCUT2D eigenvalue weighted by molar-refractivity contribution is -0.138. The van der Waals surface area contributed by atoms with Crippen molar-refractivity contribution in [3.8, 4) is 0 Å². The predicted molar refractivity (Wildman–Crippen MR) is 98.0 cm³/mol. The summed E-state index contributed by atoms with van der Waals surface area (Å²) >= 11 is 0. The molecule has 5 nitrogen and oxygen atoms in total. The van der Waals surface area contributed by atoms with Crippen LogP contribution in [0.25, 0.3) is 0 Å². The van der Waals surface area contributed by atoms with Crippen LogP contribution in [0.4, 0.5) is 0 Å². The van der Waals surface area contributed by atoms with E-state index in [1.807, 2.05) is 30.3 Å². The second-order valence-corrected chi connectivity index (χ2v) is 8.06. The van der Waals surface area contributed by atoms with Crippen LogP contribution in [0.2, 0.25) is 0 Å². The van der Waals surface area contributed by atoms with Crippen LogP contribution in [0.3, 0.4) is 0 Å². The highest BCUT2D eigenvalue weighted by Crippen LogP contribution is 2.22. The Morgan fingerprint density at radius 3 is 2.56 bits per heavy atom. The predicted octanol–water partition coefficient (Wildman–Crippen LogP) is 2.13. The molecule has 1 saturated heterocycles. The van der Waals surface area contributed by atoms with Crippen molar-refractivity contribution in [1.82, 2.24) is 10.2 Å². The Labute approximate surface area is 150 Å². The van der Waals surface area contributed by atoms with Crippen LogP contribution >= 0.6 is 0 Å². The molecule has 2 rings (SSSR count). The van der Waals surface area contributed by atoms with Gasteiger partial charge in [-0.25, -0.2) is 0 Å². The van der Waals surface area contributed by atoms with Crippen molar-refractivity contribution >= 4 is 11.8 Å². The van der Waals surface area contributed by atoms with Crippen LogP contribution < -0.4 is 5.32 Å². The Morgan fingerprint density at radius 2 is 1.96 bits per heavy atom. The number of amides is 2. The minimum absolute atomic E-state index is 0.0131. The van der Waals surface area contributed by atoms with Crippen molar-refractivity contribution in [3.63, 3.8) is 0 Å². The number of rotatable bonds is 6. The Bertz CT molecular complexity index is 580. The minimum atomic E-state index is -0.426. The van der Waals surface area contributed by atoms with Crippen molar-refractivity contribution in [2.75, 3.05) is 13.2 Å². The standard InChI is InChI=1S/C20H30N2O3/c1-20(2,3)13-16(14-23)21-19(25)17-10-7-11-22(17)18(24)12-15-8-5-4-6-9-15/h4-6,8-9,16-17,23H,7,10-14H2,1-3H3,(H,21,25). The average molecular weight is 346 g/mol. The van der Waals surface area contributed by atoms with Gasteiger partial charge in [-0.15, -0.1) is 0 Å². The normalized spacial score (nSPS) is 18.9. The van der Waals surface area contributed by atoms with Gasteiger partial charge in [0.1, 0.15) is 6.04 Å². The summed E-state index contributed by atoms with van der Waals surface area (Å²) in [6, 6.07) is 8.89. The zero-order chi connectivity index (χ0) is 18.4. The lowest BCUT2D eigenvalue weighted by atomic mass is 9.88. The van der Waals surface area contributed by atoms with Gasteiger partial charge in [0.25, 0.3) is 0 Å². The quantitative estimate of drug-likeness (QED) is 0.829. The van der Waals surface area contributed by atoms with Crippen LogP contribution in [0, 0.1) is 5.41 Å². The Kier molecular flexibility index (Phi) is 6.59. The van der Waals surface area contributed by atoms with Crippen molar-refractivity contribution in [3.05, 3.63) is 35.9 Å². The van der Waals surface area contributed by atoms with Crippen LogP contribution in [0.15, 0.2) is 30.3 Å². The zero-order valence-electron chi connectivity index (χ0n) is 15.5. The van der Waals surface area contributed by atoms with Gasteiger partial charge in [0, 0.05) is 6.54 Å². The molecule has 0 aliphatic carbocycles. The Morgan fingerprint density at radius 1 is 1.28 bits per heavy atom. The van der Waals surface area contributed by atoms with E-state index in [1.165, 1.54) is 0 Å². The Balaban J connectivity index is 1.97. The number of aliphatic hydroxyl groups excluding tert-OH is 1. The number of hydrogen-bond acceptors (Lipinski definition) is 3. The molecule has 0 radical (unpaired) electrons. The molecule has 0 aromatic heterocycles. The molecular weight excluding hydrogens is 316 g/mol. The third-order valence-electron chi connectivity index (χ3n) is 4.50. The average Bonchev–Trinajstić information content (AvgIpc) is 3.03. The molecule has 1 aliphatic rings. The number of carbonyl (C=O) groups excluding carboxylic acids is 2. The number of nitrogens with zero attached hydrogens (tertiary/aromatic N) is 1. The van der Waals surface area contributed by atoms with E-state index in [0.717, 1.165) is 12.0 Å². The first-order valence-corrected chi connectivity index (χ1v) is 9.05. The second kappa shape index (κ2) is 8.48. The third kappa shape index (κ3) is 5.85. The molecule has 1 aliphatic heterocycles. The number of benzene rings is 1. The maximum absolute atomic E-state index is 12.7. The van der Waals surface area contributed by atoms with E-state index in [2.05, 4.69) is 26.1 Å². The van der Waals surface area contributed by atoms with Gasteiger partial charge in [0.05, 0.1) is 19.1 Å². The monoisotopic (exact) mass is 346 g/mol. The first kappa shape index (κ1) is 19.4. The molecular formula is C20H30N2O3. The van der Waals surface area contributed by atoms with E-state index < -0.39 is 6.04 Å². The molecule has 25 heavy (non-hydrogen) atoms. The molecule has 0 saturated carbocycles. The SMILES string of the molecule is CC(C)(C)CC(CO)NC(=O)C1CCCN1C(=O)Cc1ccccc1. The maximum atomic E-state index is 12.7. The number of hydrogen-bond donors (Lipinski definition) is 2. The molecule has 0 bridgehead atoms. The topological polar surface area (TPSA) is 69.6 Å². The van der Waals surface area contributed by atoms with Gasteiger partial charge in [0.15, 0.2) is 0 Å². The van der Waals surface area contributed by atoms with Crippen molar-refractivity contribution in [1.29, 1.82) is 0 Å². The summed E-state index contributed by atoms with van der Waals surface area (Å²) in [5.41, 5.74) is 0.971. The second-order valence-electron chi connectivity index (χ2n) is 8.06. The minimum Gasteiger partial charge on any atom is -0.394 e. The van der Waals surface area contributed by atoms with Gasteiger partial charge >= 0.3 is 0 Å². The van der Waals surface area contributed by atoms with Crippen LogP contribution in [-0.4, -0.2) is 47.1 Å². The largest absolute Gasteiger partial charge is 0.394 e. The van der Waals surface area contributed by atoms with Gasteiger partial charge in [-0.2, -0.15) is 0 Å². The van der Waals surface area contributed by atoms with E-state index in [1.54, 1.807) is 4.90 Å². The zero-order valence-corrected chi connectivity index (χ0v) is 15.5. The molecule has 2 amide bonds. The molecule has 138 valence electrons. The number of nitrogens with one attached hydrogen (secondary N) is 1. The van der Waals surface area contributed by atoms with E-state index in [-0.39, 0.29) is 29.9 Å². The van der Waals surface area contributed by atoms with Crippen LogP contribution in [0.1, 0.15) is 45.6 Å². The summed E-state index contributed by atoms with van der Waals surface area (Å²) in [5, 5.41) is 12.5. The number of likely N-dealkylation sites (tertiary alicyclic amines) is 1. The summed E-state index contributed by atoms with van der Waals surface area (Å²) in [7, 11) is 0. The summed E-state index contributed by atoms with van der Waals surface area (Å²) < 4.78 is 0. The van der Waals surface area contributed by atoms with Gasteiger partial charge in [-0.1, -0.05) is 51.1 Å². The molecule has 1 aromatic carbocycles. The van der Waals surface area contributed by atoms with E-state index in [4.69, 9.17) is 0 Å².